The molecule has 0 atom stereocenters. The molecule has 4 aromatic carbocycles. The van der Waals surface area contributed by atoms with Crippen molar-refractivity contribution in [3.63, 3.8) is 0 Å². The number of benzene rings is 4. The van der Waals surface area contributed by atoms with E-state index in [4.69, 9.17) is 9.97 Å². The van der Waals surface area contributed by atoms with Gasteiger partial charge in [-0.25, -0.2) is 9.97 Å². The molecule has 5 heterocycles. The lowest BCUT2D eigenvalue weighted by molar-refractivity contribution is 1.31. The van der Waals surface area contributed by atoms with Gasteiger partial charge in [-0.05, 0) is 168 Å². The van der Waals surface area contributed by atoms with Crippen molar-refractivity contribution in [1.29, 1.82) is 0 Å². The number of rotatable bonds is 4. The molecular formula is C72H38N4. The van der Waals surface area contributed by atoms with E-state index in [0.29, 0.717) is 0 Å². The van der Waals surface area contributed by atoms with E-state index in [9.17, 15) is 0 Å². The van der Waals surface area contributed by atoms with Gasteiger partial charge in [-0.3, -0.25) is 0 Å². The van der Waals surface area contributed by atoms with Crippen LogP contribution in [0.5, 0.6) is 0 Å². The van der Waals surface area contributed by atoms with Gasteiger partial charge in [0.15, 0.2) is 0 Å². The van der Waals surface area contributed by atoms with Crippen molar-refractivity contribution >= 4 is 46.4 Å². The molecule has 0 radical (unpaired) electrons. The summed E-state index contributed by atoms with van der Waals surface area (Å²) in [4.78, 5) is 18.8. The third-order valence-electron chi connectivity index (χ3n) is 13.2. The molecule has 7 aromatic rings. The first-order valence-corrected chi connectivity index (χ1v) is 24.8. The summed E-state index contributed by atoms with van der Waals surface area (Å²) in [5, 5.41) is 0. The van der Waals surface area contributed by atoms with E-state index >= 15 is 0 Å². The van der Waals surface area contributed by atoms with E-state index in [2.05, 4.69) is 226 Å². The van der Waals surface area contributed by atoms with Crippen molar-refractivity contribution in [3.8, 4) is 91.9 Å². The summed E-state index contributed by atoms with van der Waals surface area (Å²) in [6.07, 6.45) is 31.6. The van der Waals surface area contributed by atoms with Crippen LogP contribution >= 0.6 is 0 Å². The Kier molecular flexibility index (Phi) is 11.6. The Balaban J connectivity index is 1.05. The zero-order valence-electron chi connectivity index (χ0n) is 40.7. The molecule has 0 saturated heterocycles. The van der Waals surface area contributed by atoms with Gasteiger partial charge in [0, 0.05) is 66.6 Å². The average molecular weight is 959 g/mol. The van der Waals surface area contributed by atoms with Gasteiger partial charge in [0.25, 0.3) is 0 Å². The second kappa shape index (κ2) is 19.8. The molecule has 4 aliphatic carbocycles. The Bertz CT molecular complexity index is 4030. The summed E-state index contributed by atoms with van der Waals surface area (Å²) in [5.74, 6) is 26.2. The van der Waals surface area contributed by atoms with Crippen LogP contribution in [-0.2, 0) is 0 Å². The molecule has 0 fully saturated rings. The van der Waals surface area contributed by atoms with Crippen LogP contribution in [0.2, 0.25) is 0 Å². The summed E-state index contributed by atoms with van der Waals surface area (Å²) in [7, 11) is 0. The van der Waals surface area contributed by atoms with E-state index < -0.39 is 0 Å². The van der Waals surface area contributed by atoms with E-state index in [1.807, 2.05) is 72.9 Å². The van der Waals surface area contributed by atoms with Gasteiger partial charge in [-0.2, -0.15) is 0 Å². The highest BCUT2D eigenvalue weighted by Gasteiger charge is 2.19. The molecule has 0 amide bonds. The number of nitrogens with zero attached hydrogens (tertiary/aromatic N) is 2. The predicted molar refractivity (Wildman–Crippen MR) is 311 cm³/mol. The summed E-state index contributed by atoms with van der Waals surface area (Å²) in [6, 6.07) is 42.1. The van der Waals surface area contributed by atoms with E-state index in [1.54, 1.807) is 0 Å². The van der Waals surface area contributed by atoms with Crippen LogP contribution < -0.4 is 0 Å². The van der Waals surface area contributed by atoms with Crippen LogP contribution in [0, 0.1) is 47.4 Å². The molecule has 8 bridgehead atoms. The Hall–Kier alpha value is -11.2. The van der Waals surface area contributed by atoms with Gasteiger partial charge in [-0.15, -0.1) is 22.9 Å². The number of aromatic amines is 2. The lowest BCUT2D eigenvalue weighted by Crippen LogP contribution is -1.90. The van der Waals surface area contributed by atoms with E-state index in [1.165, 1.54) is 0 Å². The highest BCUT2D eigenvalue weighted by molar-refractivity contribution is 6.00. The molecule has 76 heavy (non-hydrogen) atoms. The maximum Gasteiger partial charge on any atom is 0.0737 e. The summed E-state index contributed by atoms with van der Waals surface area (Å²) in [5.41, 5.74) is 34.3. The highest BCUT2D eigenvalue weighted by atomic mass is 14.8. The number of aromatic nitrogens is 4. The normalized spacial score (nSPS) is 13.4. The minimum absolute atomic E-state index is 0.811. The topological polar surface area (TPSA) is 57.4 Å². The molecule has 0 unspecified atom stereocenters. The third kappa shape index (κ3) is 9.26. The van der Waals surface area contributed by atoms with Crippen LogP contribution in [0.4, 0.5) is 0 Å². The number of fused-ring (bicyclic) bond motifs is 8. The Morgan fingerprint density at radius 3 is 0.711 bits per heavy atom. The van der Waals surface area contributed by atoms with Crippen LogP contribution in [-0.4, -0.2) is 19.9 Å². The number of nitrogens with one attached hydrogen (secondary N) is 2. The lowest BCUT2D eigenvalue weighted by Gasteiger charge is -2.07. The molecule has 4 heteroatoms. The van der Waals surface area contributed by atoms with Crippen LogP contribution in [0.25, 0.3) is 90.9 Å². The number of hydrogen-bond acceptors (Lipinski definition) is 2. The van der Waals surface area contributed by atoms with Gasteiger partial charge in [0.1, 0.15) is 0 Å². The zero-order chi connectivity index (χ0) is 50.6. The fourth-order valence-electron chi connectivity index (χ4n) is 9.49. The summed E-state index contributed by atoms with van der Waals surface area (Å²) >= 11 is 0. The SMILES string of the molecule is C1=CC=CC=1C#Cc1ccc(-c2c3nc(c(-c4ccc(C#CC5=C=CC=C5)cc4)c4ccc([nH]4)c(-c4ccc(C#CC5=C=CC=C5)cc4)c4nc(c(-c5ccc(C#CC6=C=CC=C6)cc5)c5ccc2[nH]5)C=C4)C=C3)cc1. The molecule has 4 nitrogen and oxygen atoms in total. The van der Waals surface area contributed by atoms with Gasteiger partial charge < -0.3 is 9.97 Å². The van der Waals surface area contributed by atoms with Crippen LogP contribution in [0.15, 0.2) is 239 Å². The number of allylic oxidation sites excluding steroid dienone is 12. The van der Waals surface area contributed by atoms with Crippen LogP contribution in [0.1, 0.15) is 45.0 Å². The van der Waals surface area contributed by atoms with Gasteiger partial charge in [0.2, 0.25) is 0 Å². The summed E-state index contributed by atoms with van der Waals surface area (Å²) < 4.78 is 0. The molecule has 13 rings (SSSR count). The predicted octanol–water partition coefficient (Wildman–Crippen LogP) is 15.3. The van der Waals surface area contributed by atoms with Gasteiger partial charge in [0.05, 0.1) is 45.1 Å². The molecule has 2 aliphatic heterocycles. The van der Waals surface area contributed by atoms with Crippen molar-refractivity contribution in [2.24, 2.45) is 0 Å². The quantitative estimate of drug-likeness (QED) is 0.136. The molecule has 0 spiro atoms. The fraction of sp³-hybridized carbons (Fsp3) is 0. The molecule has 2 N–H and O–H groups in total. The van der Waals surface area contributed by atoms with E-state index in [0.717, 1.165) is 134 Å². The number of hydrogen-bond donors (Lipinski definition) is 2. The van der Waals surface area contributed by atoms with Crippen molar-refractivity contribution in [1.82, 2.24) is 19.9 Å². The zero-order valence-corrected chi connectivity index (χ0v) is 40.7. The fourth-order valence-corrected chi connectivity index (χ4v) is 9.49. The minimum atomic E-state index is 0.811. The maximum absolute atomic E-state index is 5.53. The third-order valence-corrected chi connectivity index (χ3v) is 13.2. The van der Waals surface area contributed by atoms with Crippen molar-refractivity contribution < 1.29 is 0 Å². The number of H-pyrrole nitrogens is 2. The maximum atomic E-state index is 5.53. The van der Waals surface area contributed by atoms with Crippen molar-refractivity contribution in [2.45, 2.75) is 0 Å². The Morgan fingerprint density at radius 1 is 0.263 bits per heavy atom. The first-order chi connectivity index (χ1) is 37.6. The second-order valence-corrected chi connectivity index (χ2v) is 18.1. The van der Waals surface area contributed by atoms with Gasteiger partial charge >= 0.3 is 0 Å². The molecular weight excluding hydrogens is 921 g/mol. The lowest BCUT2D eigenvalue weighted by atomic mass is 10.0. The first-order valence-electron chi connectivity index (χ1n) is 24.8. The van der Waals surface area contributed by atoms with Crippen LogP contribution in [0.3, 0.4) is 0 Å². The Labute approximate surface area is 440 Å². The Morgan fingerprint density at radius 2 is 0.500 bits per heavy atom. The largest absolute Gasteiger partial charge is 0.354 e. The van der Waals surface area contributed by atoms with Crippen molar-refractivity contribution in [2.75, 3.05) is 0 Å². The standard InChI is InChI=1S/C72H38N4/c1-2-10-49(9-1)17-21-53-25-33-57(34-26-53)69-61-41-43-63(73-61)70(58-35-27-54(28-36-58)22-18-50-11-3-4-12-50)65-45-47-67(75-65)72(60-39-31-56(32-40-60)24-20-52-15-7-8-16-52)68-48-46-66(76-68)71(64-44-42-62(69)74-64)59-37-29-55(30-38-59)23-19-51-13-5-6-14-51/h1-9,11,13,15,25-48,73,76H. The smallest absolute Gasteiger partial charge is 0.0737 e. The summed E-state index contributed by atoms with van der Waals surface area (Å²) in [6.45, 7) is 0. The monoisotopic (exact) mass is 958 g/mol. The van der Waals surface area contributed by atoms with E-state index in [-0.39, 0.29) is 0 Å². The molecule has 0 saturated carbocycles. The highest BCUT2D eigenvalue weighted by Crippen LogP contribution is 2.39. The first kappa shape index (κ1) is 44.7. The average Bonchev–Trinajstić information content (AvgIpc) is 4.31. The van der Waals surface area contributed by atoms with Crippen molar-refractivity contribution in [3.05, 3.63) is 284 Å². The second-order valence-electron chi connectivity index (χ2n) is 18.1. The molecule has 6 aliphatic rings. The minimum Gasteiger partial charge on any atom is -0.354 e. The molecule has 3 aromatic heterocycles. The molecule has 346 valence electrons. The van der Waals surface area contributed by atoms with Gasteiger partial charge in [-0.1, -0.05) is 120 Å².